The zero-order valence-electron chi connectivity index (χ0n) is 8.27. The van der Waals surface area contributed by atoms with Crippen LogP contribution in [0.2, 0.25) is 0 Å². The van der Waals surface area contributed by atoms with Crippen molar-refractivity contribution in [2.45, 2.75) is 10.6 Å². The van der Waals surface area contributed by atoms with E-state index >= 15 is 0 Å². The smallest absolute Gasteiger partial charge is 0.250 e. The lowest BCUT2D eigenvalue weighted by molar-refractivity contribution is 0.540. The lowest BCUT2D eigenvalue weighted by Crippen LogP contribution is -2.29. The SMILES string of the molecule is O=S(=O)(NC[C@H]1CCNC1)c1cccs1. The summed E-state index contributed by atoms with van der Waals surface area (Å²) in [6, 6.07) is 3.37. The fourth-order valence-electron chi connectivity index (χ4n) is 1.60. The molecule has 0 amide bonds. The molecule has 1 atom stereocenters. The fraction of sp³-hybridized carbons (Fsp3) is 0.556. The van der Waals surface area contributed by atoms with Gasteiger partial charge in [0, 0.05) is 6.54 Å². The Balaban J connectivity index is 1.93. The molecule has 2 heterocycles. The highest BCUT2D eigenvalue weighted by molar-refractivity contribution is 7.91. The van der Waals surface area contributed by atoms with Crippen LogP contribution in [0.15, 0.2) is 21.7 Å². The lowest BCUT2D eigenvalue weighted by Gasteiger charge is -2.09. The molecule has 0 saturated carbocycles. The maximum atomic E-state index is 11.7. The maximum absolute atomic E-state index is 11.7. The van der Waals surface area contributed by atoms with Crippen LogP contribution in [-0.2, 0) is 10.0 Å². The molecule has 0 spiro atoms. The second-order valence-corrected chi connectivity index (χ2v) is 6.58. The van der Waals surface area contributed by atoms with Crippen molar-refractivity contribution >= 4 is 21.4 Å². The van der Waals surface area contributed by atoms with Crippen LogP contribution in [0.3, 0.4) is 0 Å². The van der Waals surface area contributed by atoms with Crippen LogP contribution < -0.4 is 10.0 Å². The molecule has 4 nitrogen and oxygen atoms in total. The molecular formula is C9H14N2O2S2. The Hall–Kier alpha value is -0.430. The summed E-state index contributed by atoms with van der Waals surface area (Å²) in [5, 5.41) is 4.98. The van der Waals surface area contributed by atoms with Gasteiger partial charge in [0.2, 0.25) is 10.0 Å². The highest BCUT2D eigenvalue weighted by Gasteiger charge is 2.19. The predicted octanol–water partition coefficient (Wildman–Crippen LogP) is 0.636. The van der Waals surface area contributed by atoms with Gasteiger partial charge in [-0.1, -0.05) is 6.07 Å². The van der Waals surface area contributed by atoms with Crippen molar-refractivity contribution < 1.29 is 8.42 Å². The molecule has 2 rings (SSSR count). The number of thiophene rings is 1. The van der Waals surface area contributed by atoms with Gasteiger partial charge in [-0.3, -0.25) is 0 Å². The maximum Gasteiger partial charge on any atom is 0.250 e. The number of rotatable bonds is 4. The molecule has 1 aliphatic rings. The van der Waals surface area contributed by atoms with E-state index in [9.17, 15) is 8.42 Å². The summed E-state index contributed by atoms with van der Waals surface area (Å²) < 4.78 is 26.5. The Morgan fingerprint density at radius 3 is 3.07 bits per heavy atom. The van der Waals surface area contributed by atoms with E-state index in [1.165, 1.54) is 11.3 Å². The quantitative estimate of drug-likeness (QED) is 0.819. The topological polar surface area (TPSA) is 58.2 Å². The number of nitrogens with one attached hydrogen (secondary N) is 2. The number of hydrogen-bond donors (Lipinski definition) is 2. The normalized spacial score (nSPS) is 22.0. The van der Waals surface area contributed by atoms with E-state index in [2.05, 4.69) is 10.0 Å². The summed E-state index contributed by atoms with van der Waals surface area (Å²) >= 11 is 1.25. The van der Waals surface area contributed by atoms with Crippen LogP contribution in [0, 0.1) is 5.92 Å². The number of hydrogen-bond acceptors (Lipinski definition) is 4. The van der Waals surface area contributed by atoms with E-state index < -0.39 is 10.0 Å². The molecule has 1 aliphatic heterocycles. The van der Waals surface area contributed by atoms with Gasteiger partial charge in [-0.15, -0.1) is 11.3 Å². The molecule has 0 bridgehead atoms. The third-order valence-corrected chi connectivity index (χ3v) is 5.31. The first-order chi connectivity index (χ1) is 7.18. The van der Waals surface area contributed by atoms with Crippen LogP contribution >= 0.6 is 11.3 Å². The van der Waals surface area contributed by atoms with Crippen molar-refractivity contribution in [2.75, 3.05) is 19.6 Å². The minimum absolute atomic E-state index is 0.397. The molecule has 0 aromatic carbocycles. The predicted molar refractivity (Wildman–Crippen MR) is 60.5 cm³/mol. The Bertz CT molecular complexity index is 394. The first-order valence-corrected chi connectivity index (χ1v) is 7.28. The van der Waals surface area contributed by atoms with Gasteiger partial charge in [-0.05, 0) is 36.9 Å². The molecule has 1 aromatic heterocycles. The van der Waals surface area contributed by atoms with Gasteiger partial charge >= 0.3 is 0 Å². The summed E-state index contributed by atoms with van der Waals surface area (Å²) in [6.45, 7) is 2.44. The molecule has 0 unspecified atom stereocenters. The molecule has 1 saturated heterocycles. The Morgan fingerprint density at radius 1 is 1.60 bits per heavy atom. The monoisotopic (exact) mass is 246 g/mol. The molecule has 6 heteroatoms. The van der Waals surface area contributed by atoms with Gasteiger partial charge in [0.1, 0.15) is 4.21 Å². The molecule has 84 valence electrons. The van der Waals surface area contributed by atoms with Crippen LogP contribution in [0.4, 0.5) is 0 Å². The van der Waals surface area contributed by atoms with Crippen molar-refractivity contribution in [3.63, 3.8) is 0 Å². The standard InChI is InChI=1S/C9H14N2O2S2/c12-15(13,9-2-1-5-14-9)11-7-8-3-4-10-6-8/h1-2,5,8,10-11H,3-4,6-7H2/t8-/m0/s1. The first-order valence-electron chi connectivity index (χ1n) is 4.92. The van der Waals surface area contributed by atoms with E-state index in [-0.39, 0.29) is 0 Å². The zero-order valence-corrected chi connectivity index (χ0v) is 9.90. The Morgan fingerprint density at radius 2 is 2.47 bits per heavy atom. The minimum Gasteiger partial charge on any atom is -0.316 e. The van der Waals surface area contributed by atoms with Crippen molar-refractivity contribution in [3.8, 4) is 0 Å². The van der Waals surface area contributed by atoms with Crippen LogP contribution in [0.5, 0.6) is 0 Å². The largest absolute Gasteiger partial charge is 0.316 e. The Kier molecular flexibility index (Phi) is 3.40. The van der Waals surface area contributed by atoms with Crippen molar-refractivity contribution in [1.82, 2.24) is 10.0 Å². The van der Waals surface area contributed by atoms with Crippen molar-refractivity contribution in [1.29, 1.82) is 0 Å². The van der Waals surface area contributed by atoms with Gasteiger partial charge in [0.25, 0.3) is 0 Å². The first kappa shape index (κ1) is 11.1. The summed E-state index contributed by atoms with van der Waals surface area (Å²) in [6.07, 6.45) is 1.05. The van der Waals surface area contributed by atoms with Gasteiger partial charge in [-0.25, -0.2) is 13.1 Å². The summed E-state index contributed by atoms with van der Waals surface area (Å²) in [5.74, 6) is 0.430. The van der Waals surface area contributed by atoms with Crippen molar-refractivity contribution in [2.24, 2.45) is 5.92 Å². The van der Waals surface area contributed by atoms with E-state index in [1.54, 1.807) is 17.5 Å². The van der Waals surface area contributed by atoms with Gasteiger partial charge in [-0.2, -0.15) is 0 Å². The van der Waals surface area contributed by atoms with Crippen LogP contribution in [-0.4, -0.2) is 28.1 Å². The van der Waals surface area contributed by atoms with Gasteiger partial charge in [0.15, 0.2) is 0 Å². The zero-order chi connectivity index (χ0) is 10.7. The third-order valence-electron chi connectivity index (χ3n) is 2.48. The average molecular weight is 246 g/mol. The molecule has 1 aromatic rings. The van der Waals surface area contributed by atoms with Crippen molar-refractivity contribution in [3.05, 3.63) is 17.5 Å². The van der Waals surface area contributed by atoms with Gasteiger partial charge in [0.05, 0.1) is 0 Å². The van der Waals surface area contributed by atoms with E-state index in [0.717, 1.165) is 19.5 Å². The summed E-state index contributed by atoms with van der Waals surface area (Å²) in [5.41, 5.74) is 0. The highest BCUT2D eigenvalue weighted by Crippen LogP contribution is 2.16. The second kappa shape index (κ2) is 4.61. The van der Waals surface area contributed by atoms with E-state index in [1.807, 2.05) is 0 Å². The fourth-order valence-corrected chi connectivity index (χ4v) is 3.76. The highest BCUT2D eigenvalue weighted by atomic mass is 32.2. The molecule has 0 radical (unpaired) electrons. The van der Waals surface area contributed by atoms with Gasteiger partial charge < -0.3 is 5.32 Å². The molecule has 0 aliphatic carbocycles. The number of sulfonamides is 1. The Labute approximate surface area is 93.8 Å². The van der Waals surface area contributed by atoms with Crippen LogP contribution in [0.25, 0.3) is 0 Å². The molecule has 1 fully saturated rings. The molecule has 15 heavy (non-hydrogen) atoms. The van der Waals surface area contributed by atoms with Crippen LogP contribution in [0.1, 0.15) is 6.42 Å². The summed E-state index contributed by atoms with van der Waals surface area (Å²) in [4.78, 5) is 0. The lowest BCUT2D eigenvalue weighted by atomic mass is 10.1. The minimum atomic E-state index is -3.26. The summed E-state index contributed by atoms with van der Waals surface area (Å²) in [7, 11) is -3.26. The molecule has 2 N–H and O–H groups in total. The van der Waals surface area contributed by atoms with E-state index in [4.69, 9.17) is 0 Å². The third kappa shape index (κ3) is 2.78. The second-order valence-electron chi connectivity index (χ2n) is 3.64. The molecular weight excluding hydrogens is 232 g/mol. The van der Waals surface area contributed by atoms with E-state index in [0.29, 0.717) is 16.7 Å². The average Bonchev–Trinajstić information content (AvgIpc) is 2.88.